The molecule has 33 heavy (non-hydrogen) atoms. The van der Waals surface area contributed by atoms with Gasteiger partial charge in [-0.05, 0) is 52.2 Å². The van der Waals surface area contributed by atoms with E-state index in [1.165, 1.54) is 30.4 Å². The summed E-state index contributed by atoms with van der Waals surface area (Å²) >= 11 is 0. The van der Waals surface area contributed by atoms with Crippen LogP contribution < -0.4 is 15.0 Å². The molecule has 0 N–H and O–H groups in total. The van der Waals surface area contributed by atoms with Crippen LogP contribution in [0.2, 0.25) is 0 Å². The average molecular weight is 457 g/mol. The minimum atomic E-state index is -0.453. The van der Waals surface area contributed by atoms with E-state index >= 15 is 0 Å². The zero-order chi connectivity index (χ0) is 24.4. The fraction of sp³-hybridized carbons (Fsp3) is 0.500. The highest BCUT2D eigenvalue weighted by atomic mass is 16.6. The Balaban J connectivity index is 2.42. The van der Waals surface area contributed by atoms with Gasteiger partial charge in [0.2, 0.25) is 5.75 Å². The van der Waals surface area contributed by atoms with Crippen LogP contribution >= 0.6 is 0 Å². The number of allylic oxidation sites excluding steroid dienone is 3. The van der Waals surface area contributed by atoms with Crippen LogP contribution in [0.5, 0.6) is 11.5 Å². The Kier molecular flexibility index (Phi) is 10.2. The first-order valence-corrected chi connectivity index (χ1v) is 11.6. The van der Waals surface area contributed by atoms with Gasteiger partial charge in [0, 0.05) is 24.1 Å². The fourth-order valence-electron chi connectivity index (χ4n) is 3.71. The van der Waals surface area contributed by atoms with Crippen molar-refractivity contribution in [1.29, 1.82) is 0 Å². The van der Waals surface area contributed by atoms with Gasteiger partial charge in [0.15, 0.2) is 5.75 Å². The zero-order valence-electron chi connectivity index (χ0n) is 20.5. The lowest BCUT2D eigenvalue weighted by Gasteiger charge is -2.17. The number of methoxy groups -OCH3 is 1. The van der Waals surface area contributed by atoms with Crippen LogP contribution in [0.4, 0.5) is 5.69 Å². The molecule has 0 aliphatic rings. The molecule has 1 aromatic carbocycles. The number of nitro groups is 1. The van der Waals surface area contributed by atoms with Crippen molar-refractivity contribution in [1.82, 2.24) is 4.57 Å². The van der Waals surface area contributed by atoms with E-state index in [1.807, 2.05) is 13.0 Å². The number of benzene rings is 1. The van der Waals surface area contributed by atoms with Gasteiger partial charge in [0.05, 0.1) is 17.5 Å². The van der Waals surface area contributed by atoms with E-state index in [0.717, 1.165) is 38.5 Å². The van der Waals surface area contributed by atoms with Crippen molar-refractivity contribution in [2.24, 2.45) is 0 Å². The highest BCUT2D eigenvalue weighted by molar-refractivity contribution is 5.89. The van der Waals surface area contributed by atoms with E-state index in [-0.39, 0.29) is 23.6 Å². The standard InChI is InChI=1S/C26H36N2O5/c1-6-7-8-9-16-27-23-18-21(28(30)31)13-14-22(23)24(32-5)25(26(27)29)33-17-15-20(4)12-10-11-19(2)3/h11,13-15,18H,6-10,12,16-17H2,1-5H3/b20-15+. The summed E-state index contributed by atoms with van der Waals surface area (Å²) in [4.78, 5) is 24.3. The Morgan fingerprint density at radius 2 is 1.88 bits per heavy atom. The second kappa shape index (κ2) is 12.8. The number of nitrogens with zero attached hydrogens (tertiary/aromatic N) is 2. The van der Waals surface area contributed by atoms with Crippen LogP contribution in [0.15, 0.2) is 46.3 Å². The van der Waals surface area contributed by atoms with Crippen molar-refractivity contribution in [2.45, 2.75) is 72.8 Å². The first-order valence-electron chi connectivity index (χ1n) is 11.6. The zero-order valence-corrected chi connectivity index (χ0v) is 20.5. The quantitative estimate of drug-likeness (QED) is 0.147. The summed E-state index contributed by atoms with van der Waals surface area (Å²) in [6, 6.07) is 4.49. The Bertz CT molecular complexity index is 1080. The van der Waals surface area contributed by atoms with Gasteiger partial charge < -0.3 is 14.0 Å². The summed E-state index contributed by atoms with van der Waals surface area (Å²) in [5, 5.41) is 12.0. The number of hydrogen-bond acceptors (Lipinski definition) is 5. The molecule has 0 saturated carbocycles. The summed E-state index contributed by atoms with van der Waals surface area (Å²) in [5.41, 5.74) is 2.58. The molecule has 1 heterocycles. The molecular formula is C26H36N2O5. The predicted octanol–water partition coefficient (Wildman–Crippen LogP) is 6.57. The van der Waals surface area contributed by atoms with Crippen molar-refractivity contribution in [3.05, 3.63) is 62.0 Å². The molecular weight excluding hydrogens is 420 g/mol. The van der Waals surface area contributed by atoms with Gasteiger partial charge in [-0.1, -0.05) is 43.4 Å². The van der Waals surface area contributed by atoms with Gasteiger partial charge >= 0.3 is 0 Å². The van der Waals surface area contributed by atoms with Crippen molar-refractivity contribution in [3.63, 3.8) is 0 Å². The number of non-ortho nitro benzene ring substituents is 1. The molecule has 0 saturated heterocycles. The molecule has 0 bridgehead atoms. The molecule has 0 amide bonds. The Labute approximate surface area is 195 Å². The maximum atomic E-state index is 13.4. The molecule has 1 aromatic heterocycles. The molecule has 0 radical (unpaired) electrons. The average Bonchev–Trinajstić information content (AvgIpc) is 2.77. The minimum Gasteiger partial charge on any atom is -0.492 e. The third kappa shape index (κ3) is 7.20. The summed E-state index contributed by atoms with van der Waals surface area (Å²) < 4.78 is 13.1. The molecule has 0 unspecified atom stereocenters. The molecule has 0 fully saturated rings. The number of pyridine rings is 1. The molecule has 180 valence electrons. The van der Waals surface area contributed by atoms with E-state index < -0.39 is 4.92 Å². The van der Waals surface area contributed by atoms with Crippen molar-refractivity contribution < 1.29 is 14.4 Å². The van der Waals surface area contributed by atoms with Crippen molar-refractivity contribution in [2.75, 3.05) is 13.7 Å². The van der Waals surface area contributed by atoms with Crippen LogP contribution in [0.1, 0.15) is 66.2 Å². The fourth-order valence-corrected chi connectivity index (χ4v) is 3.71. The van der Waals surface area contributed by atoms with Gasteiger partial charge in [-0.2, -0.15) is 0 Å². The van der Waals surface area contributed by atoms with E-state index in [4.69, 9.17) is 9.47 Å². The number of hydrogen-bond donors (Lipinski definition) is 0. The molecule has 0 aliphatic carbocycles. The number of aryl methyl sites for hydroxylation is 1. The maximum Gasteiger partial charge on any atom is 0.297 e. The van der Waals surface area contributed by atoms with Gasteiger partial charge in [-0.25, -0.2) is 0 Å². The predicted molar refractivity (Wildman–Crippen MR) is 133 cm³/mol. The molecule has 2 rings (SSSR count). The lowest BCUT2D eigenvalue weighted by atomic mass is 10.1. The normalized spacial score (nSPS) is 11.5. The Morgan fingerprint density at radius 3 is 2.52 bits per heavy atom. The van der Waals surface area contributed by atoms with Gasteiger partial charge in [0.1, 0.15) is 6.61 Å². The smallest absolute Gasteiger partial charge is 0.297 e. The number of fused-ring (bicyclic) bond motifs is 1. The number of nitro benzene ring substituents is 1. The van der Waals surface area contributed by atoms with Crippen molar-refractivity contribution >= 4 is 16.6 Å². The number of ether oxygens (including phenoxy) is 2. The SMILES string of the molecule is CCCCCCn1c(=O)c(OC/C=C(\C)CCC=C(C)C)c(OC)c2ccc([N+](=O)[O-])cc21. The van der Waals surface area contributed by atoms with E-state index in [2.05, 4.69) is 26.8 Å². The van der Waals surface area contributed by atoms with Gasteiger partial charge in [0.25, 0.3) is 11.2 Å². The van der Waals surface area contributed by atoms with Gasteiger partial charge in [-0.15, -0.1) is 0 Å². The summed E-state index contributed by atoms with van der Waals surface area (Å²) in [5.74, 6) is 0.452. The lowest BCUT2D eigenvalue weighted by Crippen LogP contribution is -2.24. The number of rotatable bonds is 13. The molecule has 7 nitrogen and oxygen atoms in total. The maximum absolute atomic E-state index is 13.4. The molecule has 0 spiro atoms. The topological polar surface area (TPSA) is 83.6 Å². The van der Waals surface area contributed by atoms with Crippen LogP contribution in [0, 0.1) is 10.1 Å². The second-order valence-corrected chi connectivity index (χ2v) is 8.52. The van der Waals surface area contributed by atoms with E-state index in [0.29, 0.717) is 23.2 Å². The number of aromatic nitrogens is 1. The van der Waals surface area contributed by atoms with Gasteiger partial charge in [-0.3, -0.25) is 14.9 Å². The first-order chi connectivity index (χ1) is 15.8. The first kappa shape index (κ1) is 26.2. The van der Waals surface area contributed by atoms with Crippen molar-refractivity contribution in [3.8, 4) is 11.5 Å². The molecule has 0 atom stereocenters. The molecule has 0 aliphatic heterocycles. The highest BCUT2D eigenvalue weighted by Crippen LogP contribution is 2.34. The van der Waals surface area contributed by atoms with Crippen LogP contribution in [-0.2, 0) is 6.54 Å². The minimum absolute atomic E-state index is 0.0603. The Hall–Kier alpha value is -3.09. The third-order valence-electron chi connectivity index (χ3n) is 5.56. The summed E-state index contributed by atoms with van der Waals surface area (Å²) in [6.45, 7) is 9.05. The van der Waals surface area contributed by atoms with E-state index in [1.54, 1.807) is 10.6 Å². The number of unbranched alkanes of at least 4 members (excludes halogenated alkanes) is 3. The monoisotopic (exact) mass is 456 g/mol. The largest absolute Gasteiger partial charge is 0.492 e. The van der Waals surface area contributed by atoms with Crippen LogP contribution in [0.3, 0.4) is 0 Å². The molecule has 7 heteroatoms. The highest BCUT2D eigenvalue weighted by Gasteiger charge is 2.21. The summed E-state index contributed by atoms with van der Waals surface area (Å²) in [7, 11) is 1.48. The van der Waals surface area contributed by atoms with Crippen LogP contribution in [0.25, 0.3) is 10.9 Å². The van der Waals surface area contributed by atoms with Crippen LogP contribution in [-0.4, -0.2) is 23.2 Å². The molecule has 2 aromatic rings. The summed E-state index contributed by atoms with van der Waals surface area (Å²) in [6.07, 6.45) is 10.0. The second-order valence-electron chi connectivity index (χ2n) is 8.52. The van der Waals surface area contributed by atoms with E-state index in [9.17, 15) is 14.9 Å². The lowest BCUT2D eigenvalue weighted by molar-refractivity contribution is -0.384. The third-order valence-corrected chi connectivity index (χ3v) is 5.56. The Morgan fingerprint density at radius 1 is 1.12 bits per heavy atom.